The van der Waals surface area contributed by atoms with Crippen LogP contribution in [-0.4, -0.2) is 16.5 Å². The van der Waals surface area contributed by atoms with Crippen molar-refractivity contribution in [3.63, 3.8) is 0 Å². The molecule has 1 aromatic heterocycles. The first kappa shape index (κ1) is 7.17. The molecule has 58 valence electrons. The minimum absolute atomic E-state index is 0.778. The second kappa shape index (κ2) is 2.86. The third kappa shape index (κ3) is 1.27. The fraction of sp³-hybridized carbons (Fsp3) is 0.444. The lowest BCUT2D eigenvalue weighted by Crippen LogP contribution is -1.99. The average Bonchev–Trinajstić information content (AvgIpc) is 2.46. The number of thioether (sulfide) groups is 1. The zero-order valence-electron chi connectivity index (χ0n) is 6.58. The Labute approximate surface area is 71.2 Å². The van der Waals surface area contributed by atoms with Gasteiger partial charge < -0.3 is 0 Å². The summed E-state index contributed by atoms with van der Waals surface area (Å²) >= 11 is 1.95. The quantitative estimate of drug-likeness (QED) is 0.630. The summed E-state index contributed by atoms with van der Waals surface area (Å²) in [5.74, 6) is 0. The van der Waals surface area contributed by atoms with E-state index >= 15 is 0 Å². The van der Waals surface area contributed by atoms with E-state index in [1.165, 1.54) is 17.7 Å². The lowest BCUT2D eigenvalue weighted by atomic mass is 10.2. The molecule has 1 aliphatic rings. The van der Waals surface area contributed by atoms with Crippen molar-refractivity contribution in [3.8, 4) is 0 Å². The van der Waals surface area contributed by atoms with Crippen molar-refractivity contribution < 1.29 is 0 Å². The number of hydrogen-bond donors (Lipinski definition) is 0. The number of hydrogen-bond acceptors (Lipinski definition) is 2. The third-order valence-electron chi connectivity index (χ3n) is 2.19. The van der Waals surface area contributed by atoms with Gasteiger partial charge >= 0.3 is 0 Å². The van der Waals surface area contributed by atoms with Crippen LogP contribution in [0.4, 0.5) is 0 Å². The predicted molar refractivity (Wildman–Crippen MR) is 48.9 cm³/mol. The third-order valence-corrected chi connectivity index (χ3v) is 3.19. The van der Waals surface area contributed by atoms with Crippen molar-refractivity contribution in [1.29, 1.82) is 0 Å². The van der Waals surface area contributed by atoms with Crippen LogP contribution in [0.3, 0.4) is 0 Å². The highest BCUT2D eigenvalue weighted by Crippen LogP contribution is 2.26. The van der Waals surface area contributed by atoms with E-state index in [2.05, 4.69) is 17.3 Å². The number of rotatable bonds is 1. The molecule has 1 aliphatic carbocycles. The van der Waals surface area contributed by atoms with Gasteiger partial charge in [-0.3, -0.25) is 4.98 Å². The maximum absolute atomic E-state index is 4.34. The molecule has 0 bridgehead atoms. The van der Waals surface area contributed by atoms with Crippen molar-refractivity contribution >= 4 is 11.8 Å². The zero-order valence-corrected chi connectivity index (χ0v) is 7.40. The van der Waals surface area contributed by atoms with Crippen LogP contribution in [0.15, 0.2) is 18.3 Å². The molecule has 2 heteroatoms. The highest BCUT2D eigenvalue weighted by atomic mass is 32.2. The smallest absolute Gasteiger partial charge is 0.0447 e. The first-order valence-electron chi connectivity index (χ1n) is 3.85. The first-order chi connectivity index (χ1) is 5.40. The van der Waals surface area contributed by atoms with Gasteiger partial charge in [0.25, 0.3) is 0 Å². The molecule has 1 unspecified atom stereocenters. The number of aromatic nitrogens is 1. The minimum Gasteiger partial charge on any atom is -0.261 e. The molecular weight excluding hydrogens is 154 g/mol. The van der Waals surface area contributed by atoms with E-state index in [9.17, 15) is 0 Å². The summed E-state index contributed by atoms with van der Waals surface area (Å²) in [5.41, 5.74) is 2.76. The lowest BCUT2D eigenvalue weighted by molar-refractivity contribution is 0.924. The van der Waals surface area contributed by atoms with Crippen LogP contribution in [0.25, 0.3) is 0 Å². The van der Waals surface area contributed by atoms with E-state index in [0.717, 1.165) is 11.7 Å². The van der Waals surface area contributed by atoms with Gasteiger partial charge in [0, 0.05) is 23.6 Å². The van der Waals surface area contributed by atoms with E-state index in [4.69, 9.17) is 0 Å². The fourth-order valence-corrected chi connectivity index (χ4v) is 2.21. The molecular formula is C9H11NS. The molecule has 0 amide bonds. The van der Waals surface area contributed by atoms with Crippen LogP contribution in [0.1, 0.15) is 11.3 Å². The van der Waals surface area contributed by atoms with Crippen molar-refractivity contribution in [2.75, 3.05) is 6.26 Å². The molecule has 0 spiro atoms. The standard InChI is InChI=1S/C9H11NS/c1-11-8-5-7-3-2-4-10-9(7)6-8/h2-4,8H,5-6H2,1H3. The predicted octanol–water partition coefficient (Wildman–Crippen LogP) is 1.91. The van der Waals surface area contributed by atoms with Gasteiger partial charge in [0.1, 0.15) is 0 Å². The van der Waals surface area contributed by atoms with Crippen molar-refractivity contribution in [2.24, 2.45) is 0 Å². The molecule has 0 fully saturated rings. The van der Waals surface area contributed by atoms with E-state index < -0.39 is 0 Å². The first-order valence-corrected chi connectivity index (χ1v) is 5.14. The normalized spacial score (nSPS) is 21.7. The minimum atomic E-state index is 0.778. The van der Waals surface area contributed by atoms with Gasteiger partial charge in [-0.2, -0.15) is 11.8 Å². The summed E-state index contributed by atoms with van der Waals surface area (Å²) in [6, 6.07) is 4.22. The molecule has 2 rings (SSSR count). The van der Waals surface area contributed by atoms with Gasteiger partial charge in [0.05, 0.1) is 0 Å². The highest BCUT2D eigenvalue weighted by molar-refractivity contribution is 7.99. The second-order valence-corrected chi connectivity index (χ2v) is 4.01. The van der Waals surface area contributed by atoms with E-state index in [-0.39, 0.29) is 0 Å². The molecule has 1 heterocycles. The molecule has 1 aromatic rings. The molecule has 11 heavy (non-hydrogen) atoms. The number of pyridine rings is 1. The van der Waals surface area contributed by atoms with Crippen molar-refractivity contribution in [1.82, 2.24) is 4.98 Å². The molecule has 1 nitrogen and oxygen atoms in total. The van der Waals surface area contributed by atoms with E-state index in [1.807, 2.05) is 24.0 Å². The molecule has 0 aromatic carbocycles. The van der Waals surface area contributed by atoms with Crippen LogP contribution < -0.4 is 0 Å². The summed E-state index contributed by atoms with van der Waals surface area (Å²) < 4.78 is 0. The SMILES string of the molecule is CSC1Cc2cccnc2C1. The van der Waals surface area contributed by atoms with Gasteiger partial charge in [-0.15, -0.1) is 0 Å². The molecule has 0 saturated carbocycles. The van der Waals surface area contributed by atoms with Crippen LogP contribution >= 0.6 is 11.8 Å². The average molecular weight is 165 g/mol. The number of nitrogens with zero attached hydrogens (tertiary/aromatic N) is 1. The van der Waals surface area contributed by atoms with Gasteiger partial charge in [0.15, 0.2) is 0 Å². The monoisotopic (exact) mass is 165 g/mol. The Bertz CT molecular complexity index is 234. The Morgan fingerprint density at radius 2 is 2.45 bits per heavy atom. The van der Waals surface area contributed by atoms with Gasteiger partial charge in [-0.25, -0.2) is 0 Å². The summed E-state index contributed by atoms with van der Waals surface area (Å²) in [7, 11) is 0. The molecule has 1 atom stereocenters. The van der Waals surface area contributed by atoms with Crippen molar-refractivity contribution in [2.45, 2.75) is 18.1 Å². The largest absolute Gasteiger partial charge is 0.261 e. The summed E-state index contributed by atoms with van der Waals surface area (Å²) in [5, 5.41) is 0.778. The Morgan fingerprint density at radius 3 is 3.18 bits per heavy atom. The van der Waals surface area contributed by atoms with Gasteiger partial charge in [-0.1, -0.05) is 6.07 Å². The number of fused-ring (bicyclic) bond motifs is 1. The fourth-order valence-electron chi connectivity index (χ4n) is 1.54. The van der Waals surface area contributed by atoms with Crippen LogP contribution in [-0.2, 0) is 12.8 Å². The van der Waals surface area contributed by atoms with Crippen LogP contribution in [0, 0.1) is 0 Å². The van der Waals surface area contributed by atoms with E-state index in [1.54, 1.807) is 0 Å². The zero-order chi connectivity index (χ0) is 7.68. The maximum Gasteiger partial charge on any atom is 0.0447 e. The molecule has 0 N–H and O–H groups in total. The van der Waals surface area contributed by atoms with Gasteiger partial charge in [-0.05, 0) is 24.3 Å². The van der Waals surface area contributed by atoms with Gasteiger partial charge in [0.2, 0.25) is 0 Å². The molecule has 0 aliphatic heterocycles. The summed E-state index contributed by atoms with van der Waals surface area (Å²) in [4.78, 5) is 4.34. The Hall–Kier alpha value is -0.500. The van der Waals surface area contributed by atoms with E-state index in [0.29, 0.717) is 0 Å². The second-order valence-electron chi connectivity index (χ2n) is 2.88. The Balaban J connectivity index is 2.27. The lowest BCUT2D eigenvalue weighted by Gasteiger charge is -2.00. The topological polar surface area (TPSA) is 12.9 Å². The Morgan fingerprint density at radius 1 is 1.55 bits per heavy atom. The summed E-state index contributed by atoms with van der Waals surface area (Å²) in [6.45, 7) is 0. The van der Waals surface area contributed by atoms with Crippen LogP contribution in [0.5, 0.6) is 0 Å². The Kier molecular flexibility index (Phi) is 1.86. The molecule has 0 saturated heterocycles. The highest BCUT2D eigenvalue weighted by Gasteiger charge is 2.20. The maximum atomic E-state index is 4.34. The summed E-state index contributed by atoms with van der Waals surface area (Å²) in [6.07, 6.45) is 6.44. The van der Waals surface area contributed by atoms with Crippen molar-refractivity contribution in [3.05, 3.63) is 29.6 Å². The molecule has 0 radical (unpaired) electrons. The van der Waals surface area contributed by atoms with Crippen LogP contribution in [0.2, 0.25) is 0 Å².